The molecule has 0 bridgehead atoms. The fourth-order valence-corrected chi connectivity index (χ4v) is 4.84. The van der Waals surface area contributed by atoms with E-state index in [2.05, 4.69) is 69.2 Å². The summed E-state index contributed by atoms with van der Waals surface area (Å²) in [5.41, 5.74) is 6.37. The Balaban J connectivity index is 1.36. The fraction of sp³-hybridized carbons (Fsp3) is 0.172. The van der Waals surface area contributed by atoms with Crippen molar-refractivity contribution in [1.82, 2.24) is 25.6 Å². The molecule has 6 rings (SSSR count). The second kappa shape index (κ2) is 9.50. The van der Waals surface area contributed by atoms with Crippen molar-refractivity contribution in [3.05, 3.63) is 102 Å². The number of allylic oxidation sites excluding steroid dienone is 2. The Bertz CT molecular complexity index is 1380. The number of rotatable bonds is 6. The summed E-state index contributed by atoms with van der Waals surface area (Å²) in [6.45, 7) is 0. The number of hydrogen-bond donors (Lipinski definition) is 1. The van der Waals surface area contributed by atoms with Gasteiger partial charge in [0.15, 0.2) is 5.76 Å². The van der Waals surface area contributed by atoms with Gasteiger partial charge in [0.05, 0.1) is 0 Å². The van der Waals surface area contributed by atoms with E-state index in [1.165, 1.54) is 11.1 Å². The molecule has 1 atom stereocenters. The van der Waals surface area contributed by atoms with Gasteiger partial charge in [-0.15, -0.1) is 10.2 Å². The van der Waals surface area contributed by atoms with Gasteiger partial charge in [-0.25, -0.2) is 4.98 Å². The molecule has 0 saturated heterocycles. The summed E-state index contributed by atoms with van der Waals surface area (Å²) >= 11 is 0. The number of H-pyrrole nitrogens is 1. The van der Waals surface area contributed by atoms with Crippen LogP contribution in [0.1, 0.15) is 30.7 Å². The Kier molecular flexibility index (Phi) is 5.77. The molecule has 2 heterocycles. The van der Waals surface area contributed by atoms with Crippen molar-refractivity contribution < 1.29 is 4.42 Å². The van der Waals surface area contributed by atoms with E-state index in [4.69, 9.17) is 9.40 Å². The van der Waals surface area contributed by atoms with Crippen LogP contribution in [0, 0.1) is 5.92 Å². The lowest BCUT2D eigenvalue weighted by atomic mass is 9.83. The smallest absolute Gasteiger partial charge is 0.223 e. The van der Waals surface area contributed by atoms with Crippen LogP contribution in [0.2, 0.25) is 0 Å². The number of aromatic nitrogens is 5. The third-order valence-electron chi connectivity index (χ3n) is 6.53. The first-order valence-corrected chi connectivity index (χ1v) is 12.0. The Morgan fingerprint density at radius 2 is 1.63 bits per heavy atom. The quantitative estimate of drug-likeness (QED) is 0.309. The maximum atomic E-state index is 6.53. The zero-order valence-electron chi connectivity index (χ0n) is 19.3. The van der Waals surface area contributed by atoms with Crippen molar-refractivity contribution in [2.75, 3.05) is 0 Å². The average Bonchev–Trinajstić information content (AvgIpc) is 3.61. The summed E-state index contributed by atoms with van der Waals surface area (Å²) in [4.78, 5) is 5.06. The summed E-state index contributed by atoms with van der Waals surface area (Å²) in [5, 5.41) is 14.5. The van der Waals surface area contributed by atoms with Crippen molar-refractivity contribution in [3.63, 3.8) is 0 Å². The molecule has 1 aliphatic rings. The van der Waals surface area contributed by atoms with Crippen LogP contribution in [0.4, 0.5) is 0 Å². The van der Waals surface area contributed by atoms with Crippen LogP contribution in [0.15, 0.2) is 95.4 Å². The first-order chi connectivity index (χ1) is 17.3. The van der Waals surface area contributed by atoms with Crippen LogP contribution in [0.25, 0.3) is 39.5 Å². The number of aromatic amines is 1. The molecule has 5 aromatic rings. The molecule has 35 heavy (non-hydrogen) atoms. The molecular formula is C29H25N5O. The van der Waals surface area contributed by atoms with E-state index in [0.29, 0.717) is 11.7 Å². The molecule has 1 N–H and O–H groups in total. The van der Waals surface area contributed by atoms with Gasteiger partial charge in [-0.2, -0.15) is 5.21 Å². The molecule has 3 aromatic carbocycles. The zero-order chi connectivity index (χ0) is 23.5. The van der Waals surface area contributed by atoms with Crippen LogP contribution in [0.5, 0.6) is 0 Å². The lowest BCUT2D eigenvalue weighted by molar-refractivity contribution is 0.505. The van der Waals surface area contributed by atoms with Gasteiger partial charge in [0.2, 0.25) is 11.7 Å². The second-order valence-electron chi connectivity index (χ2n) is 8.86. The zero-order valence-corrected chi connectivity index (χ0v) is 19.3. The Labute approximate surface area is 203 Å². The number of oxazole rings is 1. The van der Waals surface area contributed by atoms with E-state index in [1.807, 2.05) is 42.5 Å². The van der Waals surface area contributed by atoms with E-state index in [-0.39, 0.29) is 0 Å². The second-order valence-corrected chi connectivity index (χ2v) is 8.86. The molecule has 6 nitrogen and oxygen atoms in total. The molecule has 0 amide bonds. The normalized spacial score (nSPS) is 15.7. The van der Waals surface area contributed by atoms with Crippen molar-refractivity contribution in [2.45, 2.75) is 25.7 Å². The van der Waals surface area contributed by atoms with Gasteiger partial charge in [-0.1, -0.05) is 84.9 Å². The molecule has 0 fully saturated rings. The number of tetrazole rings is 1. The van der Waals surface area contributed by atoms with Gasteiger partial charge in [-0.05, 0) is 48.4 Å². The SMILES string of the molecule is C1=C(c2nc(-c3ccccc3)c(-c3ccccc3)o2)C(Cc2cccc(-c3nn[nH]n3)c2)CCC1. The third kappa shape index (κ3) is 4.43. The summed E-state index contributed by atoms with van der Waals surface area (Å²) in [5.74, 6) is 2.48. The molecule has 0 spiro atoms. The Morgan fingerprint density at radius 3 is 2.40 bits per heavy atom. The van der Waals surface area contributed by atoms with Gasteiger partial charge in [0.1, 0.15) is 5.69 Å². The lowest BCUT2D eigenvalue weighted by Gasteiger charge is -2.22. The highest BCUT2D eigenvalue weighted by Gasteiger charge is 2.26. The van der Waals surface area contributed by atoms with Crippen LogP contribution < -0.4 is 0 Å². The Morgan fingerprint density at radius 1 is 0.857 bits per heavy atom. The first-order valence-electron chi connectivity index (χ1n) is 12.0. The van der Waals surface area contributed by atoms with Gasteiger partial charge < -0.3 is 4.42 Å². The molecule has 1 unspecified atom stereocenters. The minimum absolute atomic E-state index is 0.329. The molecule has 0 radical (unpaired) electrons. The predicted molar refractivity (Wildman–Crippen MR) is 136 cm³/mol. The predicted octanol–water partition coefficient (Wildman–Crippen LogP) is 6.61. The van der Waals surface area contributed by atoms with Crippen LogP contribution in [-0.4, -0.2) is 25.6 Å². The van der Waals surface area contributed by atoms with Crippen LogP contribution >= 0.6 is 0 Å². The highest BCUT2D eigenvalue weighted by molar-refractivity contribution is 5.79. The molecular weight excluding hydrogens is 434 g/mol. The maximum absolute atomic E-state index is 6.53. The number of hydrogen-bond acceptors (Lipinski definition) is 5. The fourth-order valence-electron chi connectivity index (χ4n) is 4.84. The van der Waals surface area contributed by atoms with Gasteiger partial charge in [0, 0.05) is 22.3 Å². The van der Waals surface area contributed by atoms with Crippen molar-refractivity contribution in [2.24, 2.45) is 5.92 Å². The minimum Gasteiger partial charge on any atom is -0.436 e. The average molecular weight is 460 g/mol. The molecule has 172 valence electrons. The molecule has 6 heteroatoms. The van der Waals surface area contributed by atoms with Crippen LogP contribution in [0.3, 0.4) is 0 Å². The van der Waals surface area contributed by atoms with Gasteiger partial charge in [-0.3, -0.25) is 0 Å². The largest absolute Gasteiger partial charge is 0.436 e. The topological polar surface area (TPSA) is 80.5 Å². The van der Waals surface area contributed by atoms with Crippen molar-refractivity contribution in [1.29, 1.82) is 0 Å². The van der Waals surface area contributed by atoms with E-state index in [9.17, 15) is 0 Å². The maximum Gasteiger partial charge on any atom is 0.223 e. The summed E-state index contributed by atoms with van der Waals surface area (Å²) < 4.78 is 6.53. The molecule has 1 aliphatic carbocycles. The van der Waals surface area contributed by atoms with E-state index >= 15 is 0 Å². The van der Waals surface area contributed by atoms with E-state index in [1.54, 1.807) is 0 Å². The highest BCUT2D eigenvalue weighted by Crippen LogP contribution is 2.40. The lowest BCUT2D eigenvalue weighted by Crippen LogP contribution is -2.11. The first kappa shape index (κ1) is 21.2. The van der Waals surface area contributed by atoms with E-state index < -0.39 is 0 Å². The summed E-state index contributed by atoms with van der Waals surface area (Å²) in [6, 6.07) is 28.9. The highest BCUT2D eigenvalue weighted by atomic mass is 16.4. The minimum atomic E-state index is 0.329. The van der Waals surface area contributed by atoms with E-state index in [0.717, 1.165) is 59.7 Å². The van der Waals surface area contributed by atoms with Gasteiger partial charge in [0.25, 0.3) is 0 Å². The Hall–Kier alpha value is -4.32. The molecule has 0 aliphatic heterocycles. The van der Waals surface area contributed by atoms with Gasteiger partial charge >= 0.3 is 0 Å². The number of benzene rings is 3. The number of nitrogens with zero attached hydrogens (tertiary/aromatic N) is 4. The van der Waals surface area contributed by atoms with Crippen molar-refractivity contribution in [3.8, 4) is 34.0 Å². The summed E-state index contributed by atoms with van der Waals surface area (Å²) in [6.07, 6.45) is 6.52. The van der Waals surface area contributed by atoms with Crippen molar-refractivity contribution >= 4 is 5.57 Å². The molecule has 2 aromatic heterocycles. The molecule has 0 saturated carbocycles. The standard InChI is InChI=1S/C29H25N5O/c1-3-11-21(12-4-1)26-27(22-13-5-2-6-14-22)35-29(30-26)25-17-8-7-15-23(25)18-20-10-9-16-24(19-20)28-31-33-34-32-28/h1-6,9-14,16-17,19,23H,7-8,15,18H2,(H,31,32,33,34). The third-order valence-corrected chi connectivity index (χ3v) is 6.53. The number of nitrogens with one attached hydrogen (secondary N) is 1. The monoisotopic (exact) mass is 459 g/mol. The van der Waals surface area contributed by atoms with Crippen LogP contribution in [-0.2, 0) is 6.42 Å². The summed E-state index contributed by atoms with van der Waals surface area (Å²) in [7, 11) is 0.